The molecule has 0 aromatic heterocycles. The molecule has 0 unspecified atom stereocenters. The van der Waals surface area contributed by atoms with Gasteiger partial charge in [0.15, 0.2) is 5.17 Å². The first-order valence-electron chi connectivity index (χ1n) is 8.21. The number of amidine groups is 1. The van der Waals surface area contributed by atoms with Crippen LogP contribution >= 0.6 is 11.8 Å². The van der Waals surface area contributed by atoms with Crippen molar-refractivity contribution in [2.45, 2.75) is 13.3 Å². The van der Waals surface area contributed by atoms with Gasteiger partial charge in [0.1, 0.15) is 5.75 Å². The highest BCUT2D eigenvalue weighted by Crippen LogP contribution is 2.35. The molecule has 0 bridgehead atoms. The second-order valence-electron chi connectivity index (χ2n) is 5.54. The Kier molecular flexibility index (Phi) is 5.56. The standard InChI is InChI=1S/C20H20N2O2S/c1-3-13-22-19(23)18(14-15-9-7-8-12-17(15)24-2)25-20(22)21-16-10-5-4-6-11-16/h4-12,14H,3,13H2,1-2H3/b18-14+,21-20?. The fourth-order valence-electron chi connectivity index (χ4n) is 2.55. The first-order chi connectivity index (χ1) is 12.2. The van der Waals surface area contributed by atoms with Crippen LogP contribution in [0.3, 0.4) is 0 Å². The molecule has 25 heavy (non-hydrogen) atoms. The number of ether oxygens (including phenoxy) is 1. The number of thioether (sulfide) groups is 1. The van der Waals surface area contributed by atoms with Crippen LogP contribution < -0.4 is 4.74 Å². The summed E-state index contributed by atoms with van der Waals surface area (Å²) in [5.41, 5.74) is 1.73. The quantitative estimate of drug-likeness (QED) is 0.732. The largest absolute Gasteiger partial charge is 0.496 e. The number of aliphatic imine (C=N–C) groups is 1. The lowest BCUT2D eigenvalue weighted by atomic mass is 10.2. The minimum Gasteiger partial charge on any atom is -0.496 e. The van der Waals surface area contributed by atoms with E-state index in [1.54, 1.807) is 12.0 Å². The summed E-state index contributed by atoms with van der Waals surface area (Å²) in [7, 11) is 1.63. The van der Waals surface area contributed by atoms with Gasteiger partial charge >= 0.3 is 0 Å². The number of amides is 1. The van der Waals surface area contributed by atoms with E-state index in [9.17, 15) is 4.79 Å². The Labute approximate surface area is 152 Å². The van der Waals surface area contributed by atoms with E-state index in [1.807, 2.05) is 60.7 Å². The Hall–Kier alpha value is -2.53. The first kappa shape index (κ1) is 17.3. The zero-order valence-electron chi connectivity index (χ0n) is 14.3. The SMILES string of the molecule is CCCN1C(=O)/C(=C\c2ccccc2OC)SC1=Nc1ccccc1. The van der Waals surface area contributed by atoms with Crippen LogP contribution in [0.2, 0.25) is 0 Å². The van der Waals surface area contributed by atoms with Crippen molar-refractivity contribution >= 4 is 34.6 Å². The molecule has 0 N–H and O–H groups in total. The Balaban J connectivity index is 1.96. The highest BCUT2D eigenvalue weighted by molar-refractivity contribution is 8.18. The predicted octanol–water partition coefficient (Wildman–Crippen LogP) is 4.71. The lowest BCUT2D eigenvalue weighted by Gasteiger charge is -2.13. The fraction of sp³-hybridized carbons (Fsp3) is 0.200. The molecular formula is C20H20N2O2S. The maximum Gasteiger partial charge on any atom is 0.266 e. The van der Waals surface area contributed by atoms with E-state index in [4.69, 9.17) is 4.74 Å². The lowest BCUT2D eigenvalue weighted by Crippen LogP contribution is -2.29. The summed E-state index contributed by atoms with van der Waals surface area (Å²) in [5, 5.41) is 0.721. The summed E-state index contributed by atoms with van der Waals surface area (Å²) >= 11 is 1.41. The molecule has 2 aromatic carbocycles. The Morgan fingerprint density at radius 1 is 1.12 bits per heavy atom. The van der Waals surface area contributed by atoms with Crippen LogP contribution in [0, 0.1) is 0 Å². The Morgan fingerprint density at radius 2 is 1.84 bits per heavy atom. The third-order valence-electron chi connectivity index (χ3n) is 3.74. The third-order valence-corrected chi connectivity index (χ3v) is 4.75. The number of methoxy groups -OCH3 is 1. The van der Waals surface area contributed by atoms with Crippen LogP contribution in [0.4, 0.5) is 5.69 Å². The van der Waals surface area contributed by atoms with Gasteiger partial charge in [-0.2, -0.15) is 0 Å². The molecule has 1 heterocycles. The molecule has 5 heteroatoms. The fourth-order valence-corrected chi connectivity index (χ4v) is 3.57. The maximum absolute atomic E-state index is 12.8. The van der Waals surface area contributed by atoms with E-state index in [1.165, 1.54) is 11.8 Å². The zero-order chi connectivity index (χ0) is 17.6. The van der Waals surface area contributed by atoms with E-state index in [0.29, 0.717) is 11.4 Å². The van der Waals surface area contributed by atoms with E-state index in [0.717, 1.165) is 28.6 Å². The number of para-hydroxylation sites is 2. The summed E-state index contributed by atoms with van der Waals surface area (Å²) in [5.74, 6) is 0.742. The molecule has 4 nitrogen and oxygen atoms in total. The smallest absolute Gasteiger partial charge is 0.266 e. The summed E-state index contributed by atoms with van der Waals surface area (Å²) in [6.45, 7) is 2.71. The van der Waals surface area contributed by atoms with Gasteiger partial charge in [0.2, 0.25) is 0 Å². The number of benzene rings is 2. The van der Waals surface area contributed by atoms with Crippen molar-refractivity contribution in [3.63, 3.8) is 0 Å². The Morgan fingerprint density at radius 3 is 2.56 bits per heavy atom. The molecule has 2 aromatic rings. The van der Waals surface area contributed by atoms with Gasteiger partial charge in [-0.15, -0.1) is 0 Å². The summed E-state index contributed by atoms with van der Waals surface area (Å²) in [4.78, 5) is 19.9. The van der Waals surface area contributed by atoms with E-state index in [-0.39, 0.29) is 5.91 Å². The van der Waals surface area contributed by atoms with Crippen LogP contribution in [-0.2, 0) is 4.79 Å². The normalized spacial score (nSPS) is 17.5. The lowest BCUT2D eigenvalue weighted by molar-refractivity contribution is -0.122. The number of carbonyl (C=O) groups excluding carboxylic acids is 1. The monoisotopic (exact) mass is 352 g/mol. The molecule has 0 atom stereocenters. The van der Waals surface area contributed by atoms with Crippen molar-refractivity contribution in [3.05, 3.63) is 65.1 Å². The number of carbonyl (C=O) groups is 1. The van der Waals surface area contributed by atoms with Crippen molar-refractivity contribution in [1.82, 2.24) is 4.90 Å². The van der Waals surface area contributed by atoms with Crippen LogP contribution in [-0.4, -0.2) is 29.6 Å². The van der Waals surface area contributed by atoms with Gasteiger partial charge in [0, 0.05) is 12.1 Å². The molecule has 1 aliphatic heterocycles. The maximum atomic E-state index is 12.8. The van der Waals surface area contributed by atoms with Crippen molar-refractivity contribution in [3.8, 4) is 5.75 Å². The van der Waals surface area contributed by atoms with Gasteiger partial charge in [-0.25, -0.2) is 4.99 Å². The molecule has 1 fully saturated rings. The van der Waals surface area contributed by atoms with Crippen LogP contribution in [0.5, 0.6) is 5.75 Å². The van der Waals surface area contributed by atoms with Crippen LogP contribution in [0.15, 0.2) is 64.5 Å². The van der Waals surface area contributed by atoms with Gasteiger partial charge in [0.05, 0.1) is 17.7 Å². The molecule has 0 aliphatic carbocycles. The minimum atomic E-state index is -0.00700. The molecule has 3 rings (SSSR count). The van der Waals surface area contributed by atoms with Crippen LogP contribution in [0.1, 0.15) is 18.9 Å². The van der Waals surface area contributed by atoms with Crippen molar-refractivity contribution < 1.29 is 9.53 Å². The first-order valence-corrected chi connectivity index (χ1v) is 9.02. The van der Waals surface area contributed by atoms with Gasteiger partial charge < -0.3 is 4.74 Å². The van der Waals surface area contributed by atoms with Crippen molar-refractivity contribution in [2.75, 3.05) is 13.7 Å². The molecule has 0 saturated carbocycles. The number of rotatable bonds is 5. The highest BCUT2D eigenvalue weighted by atomic mass is 32.2. The van der Waals surface area contributed by atoms with Gasteiger partial charge in [-0.05, 0) is 42.5 Å². The second kappa shape index (κ2) is 8.03. The van der Waals surface area contributed by atoms with Gasteiger partial charge in [-0.1, -0.05) is 43.3 Å². The molecule has 128 valence electrons. The average molecular weight is 352 g/mol. The predicted molar refractivity (Wildman–Crippen MR) is 104 cm³/mol. The molecule has 0 spiro atoms. The molecule has 1 aliphatic rings. The number of nitrogens with zero attached hydrogens (tertiary/aromatic N) is 2. The molecular weight excluding hydrogens is 332 g/mol. The second-order valence-corrected chi connectivity index (χ2v) is 6.55. The van der Waals surface area contributed by atoms with E-state index in [2.05, 4.69) is 11.9 Å². The number of hydrogen-bond donors (Lipinski definition) is 0. The molecule has 1 saturated heterocycles. The molecule has 0 radical (unpaired) electrons. The van der Waals surface area contributed by atoms with E-state index >= 15 is 0 Å². The van der Waals surface area contributed by atoms with E-state index < -0.39 is 0 Å². The van der Waals surface area contributed by atoms with Gasteiger partial charge in [-0.3, -0.25) is 9.69 Å². The Bertz CT molecular complexity index is 815. The summed E-state index contributed by atoms with van der Waals surface area (Å²) in [6, 6.07) is 17.4. The van der Waals surface area contributed by atoms with Crippen molar-refractivity contribution in [1.29, 1.82) is 0 Å². The van der Waals surface area contributed by atoms with Crippen molar-refractivity contribution in [2.24, 2.45) is 4.99 Å². The third kappa shape index (κ3) is 3.94. The zero-order valence-corrected chi connectivity index (χ0v) is 15.1. The highest BCUT2D eigenvalue weighted by Gasteiger charge is 2.32. The summed E-state index contributed by atoms with van der Waals surface area (Å²) in [6.07, 6.45) is 2.75. The summed E-state index contributed by atoms with van der Waals surface area (Å²) < 4.78 is 5.38. The minimum absolute atomic E-state index is 0.00700. The van der Waals surface area contributed by atoms with Crippen LogP contribution in [0.25, 0.3) is 6.08 Å². The van der Waals surface area contributed by atoms with Gasteiger partial charge in [0.25, 0.3) is 5.91 Å². The number of hydrogen-bond acceptors (Lipinski definition) is 4. The molecule has 1 amide bonds. The topological polar surface area (TPSA) is 41.9 Å². The average Bonchev–Trinajstić information content (AvgIpc) is 2.92.